The first-order valence-electron chi connectivity index (χ1n) is 9.68. The molecule has 146 valence electrons. The first kappa shape index (κ1) is 19.8. The minimum atomic E-state index is -0.147. The molecule has 6 nitrogen and oxygen atoms in total. The van der Waals surface area contributed by atoms with Gasteiger partial charge in [0.15, 0.2) is 12.4 Å². The smallest absolute Gasteiger partial charge is 0.279 e. The zero-order valence-corrected chi connectivity index (χ0v) is 16.6. The number of amides is 1. The highest BCUT2D eigenvalue weighted by Gasteiger charge is 2.17. The zero-order chi connectivity index (χ0) is 20.1. The number of benzene rings is 2. The standard InChI is InChI=1S/C22H26N4O2/c1-4-26(13-20-23-19-12-8-6-10-17(19)22(28)25-20)14-21(27)24-18-11-7-5-9-16(18)15(2)3/h5-12,15H,4,13-14H2,1-3H3,(H,24,27)(H,23,25,28)/p+1. The third-order valence-electron chi connectivity index (χ3n) is 4.85. The van der Waals surface area contributed by atoms with Gasteiger partial charge < -0.3 is 15.2 Å². The van der Waals surface area contributed by atoms with E-state index in [1.807, 2.05) is 49.4 Å². The second kappa shape index (κ2) is 8.80. The number of likely N-dealkylation sites (N-methyl/N-ethyl adjacent to an activating group) is 1. The molecule has 1 atom stereocenters. The Morgan fingerprint density at radius 3 is 2.61 bits per heavy atom. The van der Waals surface area contributed by atoms with Crippen LogP contribution in [0.25, 0.3) is 10.9 Å². The van der Waals surface area contributed by atoms with Crippen molar-refractivity contribution in [3.8, 4) is 0 Å². The van der Waals surface area contributed by atoms with Crippen molar-refractivity contribution in [2.75, 3.05) is 18.4 Å². The van der Waals surface area contributed by atoms with Gasteiger partial charge in [-0.15, -0.1) is 0 Å². The van der Waals surface area contributed by atoms with Crippen LogP contribution in [0.5, 0.6) is 0 Å². The maximum absolute atomic E-state index is 12.6. The third kappa shape index (κ3) is 4.64. The number of para-hydroxylation sites is 2. The van der Waals surface area contributed by atoms with E-state index in [2.05, 4.69) is 29.1 Å². The lowest BCUT2D eigenvalue weighted by Crippen LogP contribution is -3.11. The SMILES string of the molecule is CC[NH+](CC(=O)Nc1ccccc1C(C)C)Cc1nc2ccccc2c(=O)[nH]1. The summed E-state index contributed by atoms with van der Waals surface area (Å²) in [6.07, 6.45) is 0. The largest absolute Gasteiger partial charge is 0.321 e. The van der Waals surface area contributed by atoms with E-state index in [0.29, 0.717) is 35.7 Å². The van der Waals surface area contributed by atoms with Gasteiger partial charge in [0, 0.05) is 5.69 Å². The molecule has 0 aliphatic heterocycles. The molecule has 0 fully saturated rings. The van der Waals surface area contributed by atoms with Gasteiger partial charge in [0.05, 0.1) is 17.4 Å². The predicted octanol–water partition coefficient (Wildman–Crippen LogP) is 2.09. The van der Waals surface area contributed by atoms with E-state index in [4.69, 9.17) is 0 Å². The molecule has 1 amide bonds. The summed E-state index contributed by atoms with van der Waals surface area (Å²) in [6.45, 7) is 7.77. The van der Waals surface area contributed by atoms with Crippen molar-refractivity contribution in [2.45, 2.75) is 33.2 Å². The molecule has 3 N–H and O–H groups in total. The Morgan fingerprint density at radius 1 is 1.14 bits per heavy atom. The highest BCUT2D eigenvalue weighted by Crippen LogP contribution is 2.23. The van der Waals surface area contributed by atoms with Gasteiger partial charge in [-0.3, -0.25) is 9.59 Å². The van der Waals surface area contributed by atoms with Crippen LogP contribution in [0.15, 0.2) is 53.3 Å². The number of hydrogen-bond donors (Lipinski definition) is 3. The molecule has 0 aliphatic carbocycles. The fraction of sp³-hybridized carbons (Fsp3) is 0.318. The van der Waals surface area contributed by atoms with Crippen LogP contribution in [-0.4, -0.2) is 29.0 Å². The molecule has 1 aromatic heterocycles. The number of aromatic nitrogens is 2. The number of aromatic amines is 1. The molecular weight excluding hydrogens is 352 g/mol. The number of nitrogens with one attached hydrogen (secondary N) is 3. The lowest BCUT2D eigenvalue weighted by Gasteiger charge is -2.18. The molecule has 0 spiro atoms. The molecule has 3 aromatic rings. The Bertz CT molecular complexity index is 1030. The number of carbonyl (C=O) groups is 1. The molecule has 1 unspecified atom stereocenters. The number of anilines is 1. The van der Waals surface area contributed by atoms with Gasteiger partial charge in [-0.05, 0) is 36.6 Å². The Labute approximate surface area is 164 Å². The number of carbonyl (C=O) groups excluding carboxylic acids is 1. The molecule has 0 saturated carbocycles. The van der Waals surface area contributed by atoms with E-state index in [-0.39, 0.29) is 11.5 Å². The Hall–Kier alpha value is -2.99. The van der Waals surface area contributed by atoms with Crippen molar-refractivity contribution in [3.05, 3.63) is 70.3 Å². The van der Waals surface area contributed by atoms with Crippen molar-refractivity contribution in [3.63, 3.8) is 0 Å². The third-order valence-corrected chi connectivity index (χ3v) is 4.85. The summed E-state index contributed by atoms with van der Waals surface area (Å²) < 4.78 is 0. The Balaban J connectivity index is 1.71. The van der Waals surface area contributed by atoms with Crippen LogP contribution < -0.4 is 15.8 Å². The van der Waals surface area contributed by atoms with Gasteiger partial charge in [-0.1, -0.05) is 44.2 Å². The summed E-state index contributed by atoms with van der Waals surface area (Å²) in [6, 6.07) is 15.1. The normalized spacial score (nSPS) is 12.3. The Kier molecular flexibility index (Phi) is 6.21. The summed E-state index contributed by atoms with van der Waals surface area (Å²) in [5, 5.41) is 3.61. The van der Waals surface area contributed by atoms with E-state index < -0.39 is 0 Å². The number of fused-ring (bicyclic) bond motifs is 1. The minimum absolute atomic E-state index is 0.0481. The molecular formula is C22H27N4O2+. The van der Waals surface area contributed by atoms with E-state index in [0.717, 1.165) is 22.7 Å². The monoisotopic (exact) mass is 379 g/mol. The number of H-pyrrole nitrogens is 1. The van der Waals surface area contributed by atoms with Crippen LogP contribution in [-0.2, 0) is 11.3 Å². The van der Waals surface area contributed by atoms with Crippen LogP contribution in [0.1, 0.15) is 38.1 Å². The van der Waals surface area contributed by atoms with Gasteiger partial charge in [0.1, 0.15) is 6.54 Å². The van der Waals surface area contributed by atoms with Crippen LogP contribution in [0.3, 0.4) is 0 Å². The van der Waals surface area contributed by atoms with Crippen molar-refractivity contribution in [1.29, 1.82) is 0 Å². The maximum Gasteiger partial charge on any atom is 0.279 e. The van der Waals surface area contributed by atoms with Crippen LogP contribution in [0, 0.1) is 0 Å². The first-order chi connectivity index (χ1) is 13.5. The summed E-state index contributed by atoms with van der Waals surface area (Å²) in [5.74, 6) is 0.877. The fourth-order valence-corrected chi connectivity index (χ4v) is 3.30. The molecule has 6 heteroatoms. The molecule has 1 heterocycles. The number of hydrogen-bond acceptors (Lipinski definition) is 3. The highest BCUT2D eigenvalue weighted by atomic mass is 16.2. The predicted molar refractivity (Wildman–Crippen MR) is 112 cm³/mol. The fourth-order valence-electron chi connectivity index (χ4n) is 3.30. The Morgan fingerprint density at radius 2 is 1.86 bits per heavy atom. The average molecular weight is 379 g/mol. The summed E-state index contributed by atoms with van der Waals surface area (Å²) in [5.41, 5.74) is 2.50. The van der Waals surface area contributed by atoms with Crippen molar-refractivity contribution in [2.24, 2.45) is 0 Å². The summed E-state index contributed by atoms with van der Waals surface area (Å²) >= 11 is 0. The molecule has 0 saturated heterocycles. The number of rotatable bonds is 7. The van der Waals surface area contributed by atoms with Gasteiger partial charge in [0.25, 0.3) is 11.5 Å². The van der Waals surface area contributed by atoms with Gasteiger partial charge in [0.2, 0.25) is 0 Å². The van der Waals surface area contributed by atoms with Crippen LogP contribution in [0.2, 0.25) is 0 Å². The van der Waals surface area contributed by atoms with E-state index in [9.17, 15) is 9.59 Å². The summed E-state index contributed by atoms with van der Waals surface area (Å²) in [7, 11) is 0. The molecule has 28 heavy (non-hydrogen) atoms. The number of nitrogens with zero attached hydrogens (tertiary/aromatic N) is 1. The molecule has 2 aromatic carbocycles. The second-order valence-electron chi connectivity index (χ2n) is 7.28. The lowest BCUT2D eigenvalue weighted by atomic mass is 10.0. The molecule has 0 radical (unpaired) electrons. The van der Waals surface area contributed by atoms with Crippen molar-refractivity contribution >= 4 is 22.5 Å². The maximum atomic E-state index is 12.6. The average Bonchev–Trinajstić information content (AvgIpc) is 2.67. The lowest BCUT2D eigenvalue weighted by molar-refractivity contribution is -0.904. The first-order valence-corrected chi connectivity index (χ1v) is 9.68. The van der Waals surface area contributed by atoms with Crippen LogP contribution >= 0.6 is 0 Å². The minimum Gasteiger partial charge on any atom is -0.321 e. The summed E-state index contributed by atoms with van der Waals surface area (Å²) in [4.78, 5) is 33.3. The topological polar surface area (TPSA) is 79.3 Å². The van der Waals surface area contributed by atoms with E-state index in [1.54, 1.807) is 6.07 Å². The van der Waals surface area contributed by atoms with Crippen LogP contribution in [0.4, 0.5) is 5.69 Å². The van der Waals surface area contributed by atoms with Gasteiger partial charge in [-0.25, -0.2) is 4.98 Å². The van der Waals surface area contributed by atoms with Gasteiger partial charge >= 0.3 is 0 Å². The molecule has 0 aliphatic rings. The highest BCUT2D eigenvalue weighted by molar-refractivity contribution is 5.92. The molecule has 3 rings (SSSR count). The van der Waals surface area contributed by atoms with E-state index >= 15 is 0 Å². The number of quaternary nitrogens is 1. The zero-order valence-electron chi connectivity index (χ0n) is 16.6. The second-order valence-corrected chi connectivity index (χ2v) is 7.28. The van der Waals surface area contributed by atoms with Crippen molar-refractivity contribution in [1.82, 2.24) is 9.97 Å². The van der Waals surface area contributed by atoms with E-state index in [1.165, 1.54) is 0 Å². The molecule has 0 bridgehead atoms. The quantitative estimate of drug-likeness (QED) is 0.588. The van der Waals surface area contributed by atoms with Gasteiger partial charge in [-0.2, -0.15) is 0 Å². The van der Waals surface area contributed by atoms with Crippen molar-refractivity contribution < 1.29 is 9.69 Å².